The van der Waals surface area contributed by atoms with Gasteiger partial charge in [-0.3, -0.25) is 28.0 Å². The molecule has 2 aromatic carbocycles. The number of halogens is 2. The van der Waals surface area contributed by atoms with E-state index in [4.69, 9.17) is 23.2 Å². The Kier molecular flexibility index (Phi) is 6.78. The molecule has 0 radical (unpaired) electrons. The monoisotopic (exact) mass is 506 g/mol. The van der Waals surface area contributed by atoms with E-state index >= 15 is 0 Å². The van der Waals surface area contributed by atoms with E-state index in [0.29, 0.717) is 46.4 Å². The van der Waals surface area contributed by atoms with Gasteiger partial charge in [0.15, 0.2) is 0 Å². The second kappa shape index (κ2) is 9.58. The lowest BCUT2D eigenvalue weighted by Gasteiger charge is -2.38. The topological polar surface area (TPSA) is 115 Å². The number of nitrogens with zero attached hydrogens (tertiary/aromatic N) is 2. The van der Waals surface area contributed by atoms with Crippen LogP contribution in [0.3, 0.4) is 0 Å². The van der Waals surface area contributed by atoms with E-state index in [1.54, 1.807) is 36.5 Å². The number of aromatic nitrogens is 1. The quantitative estimate of drug-likeness (QED) is 0.349. The summed E-state index contributed by atoms with van der Waals surface area (Å²) in [6.45, 7) is 0.503. The van der Waals surface area contributed by atoms with E-state index in [0.717, 1.165) is 0 Å². The molecular weight excluding hydrogens is 487 g/mol. The zero-order valence-corrected chi connectivity index (χ0v) is 19.5. The molecule has 0 unspecified atom stereocenters. The van der Waals surface area contributed by atoms with Gasteiger partial charge in [-0.2, -0.15) is 0 Å². The average Bonchev–Trinajstić information content (AvgIpc) is 3.15. The van der Waals surface area contributed by atoms with Gasteiger partial charge < -0.3 is 10.6 Å². The highest BCUT2D eigenvalue weighted by molar-refractivity contribution is 8.25. The van der Waals surface area contributed by atoms with Gasteiger partial charge in [0.1, 0.15) is 0 Å². The van der Waals surface area contributed by atoms with Crippen molar-refractivity contribution in [3.8, 4) is 0 Å². The van der Waals surface area contributed by atoms with Crippen LogP contribution in [0.5, 0.6) is 0 Å². The summed E-state index contributed by atoms with van der Waals surface area (Å²) in [6, 6.07) is 12.7. The maximum Gasteiger partial charge on any atom is 0.257 e. The van der Waals surface area contributed by atoms with Gasteiger partial charge in [0.05, 0.1) is 38.3 Å². The largest absolute Gasteiger partial charge is 0.322 e. The van der Waals surface area contributed by atoms with Crippen LogP contribution < -0.4 is 14.9 Å². The van der Waals surface area contributed by atoms with Crippen LogP contribution in [0.4, 0.5) is 17.1 Å². The molecule has 2 amide bonds. The SMILES string of the molecule is O=C(Nc1cc(NC(=O)c2ccc(N3CCCS3(O)O)cc2Cl)ccc1Cl)c1cccnc1. The van der Waals surface area contributed by atoms with Crippen LogP contribution in [-0.2, 0) is 0 Å². The van der Waals surface area contributed by atoms with Crippen LogP contribution in [0, 0.1) is 0 Å². The highest BCUT2D eigenvalue weighted by Crippen LogP contribution is 2.51. The van der Waals surface area contributed by atoms with Crippen molar-refractivity contribution in [1.29, 1.82) is 0 Å². The van der Waals surface area contributed by atoms with Gasteiger partial charge in [-0.1, -0.05) is 23.2 Å². The van der Waals surface area contributed by atoms with Gasteiger partial charge in [-0.25, -0.2) is 0 Å². The fourth-order valence-corrected chi connectivity index (χ4v) is 5.42. The molecule has 11 heteroatoms. The summed E-state index contributed by atoms with van der Waals surface area (Å²) >= 11 is 12.5. The Morgan fingerprint density at radius 1 is 1.00 bits per heavy atom. The standard InChI is InChI=1S/C22H20Cl2N4O4S/c23-18-7-4-15(11-20(18)27-21(29)14-3-1-8-25-13-14)26-22(30)17-6-5-16(12-19(17)24)28-9-2-10-33(28,31)32/h1,3-8,11-13,31-32H,2,9-10H2,(H,26,30)(H,27,29). The molecule has 1 aromatic heterocycles. The Morgan fingerprint density at radius 2 is 1.82 bits per heavy atom. The first kappa shape index (κ1) is 23.3. The molecule has 1 fully saturated rings. The first-order valence-corrected chi connectivity index (χ1v) is 12.3. The van der Waals surface area contributed by atoms with Crippen molar-refractivity contribution < 1.29 is 18.7 Å². The van der Waals surface area contributed by atoms with Gasteiger partial charge in [-0.05, 0) is 55.0 Å². The van der Waals surface area contributed by atoms with Gasteiger partial charge in [0.2, 0.25) is 0 Å². The highest BCUT2D eigenvalue weighted by atomic mass is 35.5. The van der Waals surface area contributed by atoms with Crippen molar-refractivity contribution in [3.63, 3.8) is 0 Å². The predicted octanol–water partition coefficient (Wildman–Crippen LogP) is 5.77. The van der Waals surface area contributed by atoms with Crippen molar-refractivity contribution in [2.45, 2.75) is 6.42 Å². The Labute approximate surface area is 202 Å². The molecule has 0 aliphatic carbocycles. The number of hydrogen-bond donors (Lipinski definition) is 4. The third-order valence-electron chi connectivity index (χ3n) is 5.01. The van der Waals surface area contributed by atoms with Gasteiger partial charge in [0, 0.05) is 24.6 Å². The van der Waals surface area contributed by atoms with E-state index in [9.17, 15) is 18.7 Å². The minimum absolute atomic E-state index is 0.172. The van der Waals surface area contributed by atoms with E-state index in [2.05, 4.69) is 15.6 Å². The smallest absolute Gasteiger partial charge is 0.257 e. The lowest BCUT2D eigenvalue weighted by atomic mass is 10.1. The Balaban J connectivity index is 1.49. The molecule has 0 bridgehead atoms. The molecule has 0 saturated carbocycles. The number of nitrogens with one attached hydrogen (secondary N) is 2. The van der Waals surface area contributed by atoms with Crippen LogP contribution in [0.15, 0.2) is 60.9 Å². The van der Waals surface area contributed by atoms with Crippen LogP contribution >= 0.6 is 34.0 Å². The van der Waals surface area contributed by atoms with E-state index in [1.165, 1.54) is 28.7 Å². The van der Waals surface area contributed by atoms with Crippen LogP contribution in [-0.4, -0.2) is 38.2 Å². The minimum Gasteiger partial charge on any atom is -0.322 e. The van der Waals surface area contributed by atoms with Crippen LogP contribution in [0.1, 0.15) is 27.1 Å². The van der Waals surface area contributed by atoms with Crippen molar-refractivity contribution in [2.75, 3.05) is 27.2 Å². The third-order valence-corrected chi connectivity index (χ3v) is 7.59. The zero-order chi connectivity index (χ0) is 23.6. The van der Waals surface area contributed by atoms with E-state index in [1.807, 2.05) is 0 Å². The molecule has 3 aromatic rings. The maximum atomic E-state index is 12.8. The molecule has 4 rings (SSSR count). The molecular formula is C22H20Cl2N4O4S. The number of anilines is 3. The summed E-state index contributed by atoms with van der Waals surface area (Å²) in [5, 5.41) is 5.91. The van der Waals surface area contributed by atoms with Crippen molar-refractivity contribution in [1.82, 2.24) is 4.98 Å². The molecule has 1 saturated heterocycles. The lowest BCUT2D eigenvalue weighted by Crippen LogP contribution is -2.22. The van der Waals surface area contributed by atoms with Crippen molar-refractivity contribution in [3.05, 3.63) is 82.1 Å². The fourth-order valence-electron chi connectivity index (χ4n) is 3.39. The second-order valence-electron chi connectivity index (χ2n) is 7.30. The van der Waals surface area contributed by atoms with E-state index in [-0.39, 0.29) is 16.5 Å². The maximum absolute atomic E-state index is 12.8. The summed E-state index contributed by atoms with van der Waals surface area (Å²) in [5.74, 6) is -0.547. The molecule has 0 spiro atoms. The summed E-state index contributed by atoms with van der Waals surface area (Å²) in [5.41, 5.74) is 1.85. The Bertz CT molecular complexity index is 1210. The summed E-state index contributed by atoms with van der Waals surface area (Å²) in [7, 11) is -2.85. The number of carbonyl (C=O) groups is 2. The molecule has 8 nitrogen and oxygen atoms in total. The zero-order valence-electron chi connectivity index (χ0n) is 17.2. The van der Waals surface area contributed by atoms with Crippen LogP contribution in [0.25, 0.3) is 0 Å². The second-order valence-corrected chi connectivity index (χ2v) is 10.2. The highest BCUT2D eigenvalue weighted by Gasteiger charge is 2.29. The molecule has 2 heterocycles. The molecule has 0 atom stereocenters. The normalized spacial score (nSPS) is 15.7. The number of benzene rings is 2. The average molecular weight is 507 g/mol. The third kappa shape index (κ3) is 5.23. The Morgan fingerprint density at radius 3 is 2.48 bits per heavy atom. The summed E-state index contributed by atoms with van der Waals surface area (Å²) < 4.78 is 21.8. The van der Waals surface area contributed by atoms with Gasteiger partial charge in [0.25, 0.3) is 11.8 Å². The number of pyridine rings is 1. The lowest BCUT2D eigenvalue weighted by molar-refractivity contribution is 0.101. The van der Waals surface area contributed by atoms with E-state index < -0.39 is 16.7 Å². The van der Waals surface area contributed by atoms with Gasteiger partial charge >= 0.3 is 0 Å². The van der Waals surface area contributed by atoms with Crippen LogP contribution in [0.2, 0.25) is 10.0 Å². The summed E-state index contributed by atoms with van der Waals surface area (Å²) in [4.78, 5) is 29.1. The molecule has 1 aliphatic heterocycles. The van der Waals surface area contributed by atoms with Crippen molar-refractivity contribution in [2.24, 2.45) is 0 Å². The molecule has 33 heavy (non-hydrogen) atoms. The minimum atomic E-state index is -2.85. The first-order valence-electron chi connectivity index (χ1n) is 9.90. The number of hydrogen-bond acceptors (Lipinski definition) is 6. The molecule has 172 valence electrons. The summed E-state index contributed by atoms with van der Waals surface area (Å²) in [6.07, 6.45) is 3.66. The predicted molar refractivity (Wildman–Crippen MR) is 133 cm³/mol. The molecule has 4 N–H and O–H groups in total. The Hall–Kier alpha value is -2.82. The molecule has 1 aliphatic rings. The van der Waals surface area contributed by atoms with Gasteiger partial charge in [-0.15, -0.1) is 10.8 Å². The first-order chi connectivity index (χ1) is 15.7. The fraction of sp³-hybridized carbons (Fsp3) is 0.136. The van der Waals surface area contributed by atoms with Crippen molar-refractivity contribution >= 4 is 62.9 Å². The number of carbonyl (C=O) groups excluding carboxylic acids is 2. The number of rotatable bonds is 5. The number of amides is 2.